The van der Waals surface area contributed by atoms with Crippen molar-refractivity contribution < 1.29 is 41.5 Å². The lowest BCUT2D eigenvalue weighted by atomic mass is 10.0. The van der Waals surface area contributed by atoms with E-state index in [9.17, 15) is 42.0 Å². The molecule has 3 aromatic rings. The Kier molecular flexibility index (Phi) is 12.6. The van der Waals surface area contributed by atoms with Crippen molar-refractivity contribution in [1.82, 2.24) is 15.1 Å². The van der Waals surface area contributed by atoms with Gasteiger partial charge in [0, 0.05) is 55.7 Å². The fourth-order valence-corrected chi connectivity index (χ4v) is 8.06. The number of hydrogen-bond donors (Lipinski definition) is 3. The lowest BCUT2D eigenvalue weighted by Gasteiger charge is -2.39. The van der Waals surface area contributed by atoms with Crippen LogP contribution < -0.4 is 30.5 Å². The predicted molar refractivity (Wildman–Crippen MR) is 216 cm³/mol. The van der Waals surface area contributed by atoms with Crippen molar-refractivity contribution in [3.05, 3.63) is 77.1 Å². The summed E-state index contributed by atoms with van der Waals surface area (Å²) < 4.78 is 62.0. The largest absolute Gasteiger partial charge is 0.492 e. The van der Waals surface area contributed by atoms with Crippen LogP contribution in [0.5, 0.6) is 5.75 Å². The van der Waals surface area contributed by atoms with E-state index in [1.165, 1.54) is 24.3 Å². The molecule has 3 N–H and O–H groups in total. The molecular weight excluding hydrogens is 793 g/mol. The molecule has 2 unspecified atom stereocenters. The lowest BCUT2D eigenvalue weighted by Crippen LogP contribution is -2.54. The summed E-state index contributed by atoms with van der Waals surface area (Å²) in [6.45, 7) is 10.3. The number of piperidine rings is 1. The Labute approximate surface area is 344 Å². The molecule has 18 heteroatoms. The molecule has 59 heavy (non-hydrogen) atoms. The monoisotopic (exact) mass is 836 g/mol. The average Bonchev–Trinajstić information content (AvgIpc) is 3.34. The highest BCUT2D eigenvalue weighted by Crippen LogP contribution is 2.40. The van der Waals surface area contributed by atoms with Gasteiger partial charge in [-0.05, 0) is 106 Å². The number of nitrogens with zero attached hydrogens (tertiary/aromatic N) is 5. The number of carbonyl (C=O) groups excluding carboxylic acids is 4. The number of anilines is 4. The molecule has 0 aliphatic carbocycles. The number of thiocarbonyl (C=S) groups is 1. The molecule has 0 radical (unpaired) electrons. The van der Waals surface area contributed by atoms with Gasteiger partial charge in [-0.2, -0.15) is 18.4 Å². The van der Waals surface area contributed by atoms with Gasteiger partial charge in [0.2, 0.25) is 17.7 Å². The number of nitrogens with one attached hydrogen (secondary N) is 3. The minimum atomic E-state index is -4.81. The van der Waals surface area contributed by atoms with E-state index in [0.29, 0.717) is 56.3 Å². The predicted octanol–water partition coefficient (Wildman–Crippen LogP) is 5.44. The number of alkyl halides is 3. The van der Waals surface area contributed by atoms with E-state index in [0.717, 1.165) is 22.6 Å². The Morgan fingerprint density at radius 2 is 1.78 bits per heavy atom. The number of nitriles is 1. The number of imide groups is 1. The summed E-state index contributed by atoms with van der Waals surface area (Å²) in [5.74, 6) is -1.64. The molecule has 4 amide bonds. The van der Waals surface area contributed by atoms with Crippen molar-refractivity contribution in [3.8, 4) is 11.8 Å². The van der Waals surface area contributed by atoms with Gasteiger partial charge in [-0.15, -0.1) is 0 Å². The molecule has 2 atom stereocenters. The Bertz CT molecular complexity index is 2210. The van der Waals surface area contributed by atoms with Crippen LogP contribution in [0, 0.1) is 17.1 Å². The number of ether oxygens (including phenoxy) is 1. The maximum absolute atomic E-state index is 14.4. The molecule has 0 aromatic heterocycles. The quantitative estimate of drug-likeness (QED) is 0.122. The third-order valence-electron chi connectivity index (χ3n) is 10.7. The average molecular weight is 837 g/mol. The van der Waals surface area contributed by atoms with E-state index in [1.807, 2.05) is 24.8 Å². The van der Waals surface area contributed by atoms with Crippen LogP contribution in [0.15, 0.2) is 54.6 Å². The second-order valence-electron chi connectivity index (χ2n) is 15.2. The minimum absolute atomic E-state index is 0.00160. The normalized spacial score (nSPS) is 20.1. The second-order valence-corrected chi connectivity index (χ2v) is 15.6. The molecule has 3 heterocycles. The van der Waals surface area contributed by atoms with Crippen molar-refractivity contribution in [3.63, 3.8) is 0 Å². The van der Waals surface area contributed by atoms with Crippen LogP contribution in [0.2, 0.25) is 0 Å². The number of benzene rings is 3. The van der Waals surface area contributed by atoms with Crippen LogP contribution in [-0.2, 0) is 31.8 Å². The highest BCUT2D eigenvalue weighted by Gasteiger charge is 2.51. The zero-order valence-electron chi connectivity index (χ0n) is 32.9. The number of hydrogen-bond acceptors (Lipinski definition) is 10. The summed E-state index contributed by atoms with van der Waals surface area (Å²) in [6.07, 6.45) is -3.78. The Hall–Kier alpha value is -5.64. The number of carbonyl (C=O) groups is 4. The topological polar surface area (TPSA) is 150 Å². The first-order valence-corrected chi connectivity index (χ1v) is 19.5. The van der Waals surface area contributed by atoms with Gasteiger partial charge in [-0.3, -0.25) is 39.2 Å². The van der Waals surface area contributed by atoms with E-state index in [1.54, 1.807) is 36.9 Å². The van der Waals surface area contributed by atoms with E-state index < -0.39 is 46.5 Å². The zero-order chi connectivity index (χ0) is 42.8. The third kappa shape index (κ3) is 9.48. The standard InChI is InChI=1S/C41H44F4N8O5S/c1-5-25-16-31(53-39(59)52(38(57)40(53,3)4)30-7-6-26(21-46)32(20-30)41(43,44)45)8-10-34(25)58-15-14-50-12-13-51(24(2)22-50)23-36(55)48-29-18-27(42)17-28(19-29)47-33-9-11-35(54)49-37(33)56/h6-8,10,16-20,24,33,47H,5,9,11-15,22-23H2,1-4H3,(H,48,55)(H,49,54,56). The van der Waals surface area contributed by atoms with E-state index >= 15 is 0 Å². The van der Waals surface area contributed by atoms with Gasteiger partial charge in [0.15, 0.2) is 5.11 Å². The number of halogens is 4. The first kappa shape index (κ1) is 43.0. The van der Waals surface area contributed by atoms with Crippen LogP contribution in [0.1, 0.15) is 57.2 Å². The Morgan fingerprint density at radius 1 is 1.05 bits per heavy atom. The summed E-state index contributed by atoms with van der Waals surface area (Å²) in [4.78, 5) is 57.2. The SMILES string of the molecule is CCc1cc(N2C(=S)N(c3ccc(C#N)c(C(F)(F)F)c3)C(=O)C2(C)C)ccc1OCCN1CCN(CC(=O)Nc2cc(F)cc(NC3CCC(=O)NC3=O)c2)C(C)C1. The molecule has 6 rings (SSSR count). The molecule has 13 nitrogen and oxygen atoms in total. The maximum Gasteiger partial charge on any atom is 0.417 e. The highest BCUT2D eigenvalue weighted by molar-refractivity contribution is 7.81. The van der Waals surface area contributed by atoms with Crippen molar-refractivity contribution in [2.75, 3.05) is 59.8 Å². The first-order valence-electron chi connectivity index (χ1n) is 19.1. The lowest BCUT2D eigenvalue weighted by molar-refractivity contribution is -0.138. The molecule has 3 fully saturated rings. The van der Waals surface area contributed by atoms with E-state index in [-0.39, 0.29) is 53.7 Å². The molecule has 0 saturated carbocycles. The van der Waals surface area contributed by atoms with Crippen LogP contribution in [0.25, 0.3) is 0 Å². The zero-order valence-corrected chi connectivity index (χ0v) is 33.7. The molecular formula is C41H44F4N8O5S. The van der Waals surface area contributed by atoms with Gasteiger partial charge in [0.1, 0.15) is 29.8 Å². The van der Waals surface area contributed by atoms with Crippen molar-refractivity contribution in [1.29, 1.82) is 5.26 Å². The Balaban J connectivity index is 1.02. The van der Waals surface area contributed by atoms with Gasteiger partial charge in [-0.1, -0.05) is 6.92 Å². The maximum atomic E-state index is 14.4. The molecule has 3 saturated heterocycles. The number of piperazine rings is 1. The second kappa shape index (κ2) is 17.3. The van der Waals surface area contributed by atoms with Gasteiger partial charge in [0.25, 0.3) is 5.91 Å². The number of aryl methyl sites for hydroxylation is 1. The summed E-state index contributed by atoms with van der Waals surface area (Å²) in [5, 5.41) is 17.2. The summed E-state index contributed by atoms with van der Waals surface area (Å²) in [6, 6.07) is 13.3. The van der Waals surface area contributed by atoms with Gasteiger partial charge in [0.05, 0.1) is 29.4 Å². The van der Waals surface area contributed by atoms with Crippen LogP contribution >= 0.6 is 12.2 Å². The Morgan fingerprint density at radius 3 is 2.46 bits per heavy atom. The minimum Gasteiger partial charge on any atom is -0.492 e. The molecule has 3 aliphatic heterocycles. The van der Waals surface area contributed by atoms with Crippen molar-refractivity contribution >= 4 is 63.7 Å². The number of amides is 4. The summed E-state index contributed by atoms with van der Waals surface area (Å²) in [5.41, 5.74) is -1.09. The smallest absolute Gasteiger partial charge is 0.417 e. The fourth-order valence-electron chi connectivity index (χ4n) is 7.54. The summed E-state index contributed by atoms with van der Waals surface area (Å²) >= 11 is 5.70. The van der Waals surface area contributed by atoms with Crippen LogP contribution in [-0.4, -0.2) is 95.5 Å². The highest BCUT2D eigenvalue weighted by atomic mass is 32.1. The summed E-state index contributed by atoms with van der Waals surface area (Å²) in [7, 11) is 0. The fraction of sp³-hybridized carbons (Fsp3) is 0.415. The van der Waals surface area contributed by atoms with Gasteiger partial charge >= 0.3 is 6.18 Å². The molecule has 3 aliphatic rings. The van der Waals surface area contributed by atoms with E-state index in [4.69, 9.17) is 17.0 Å². The van der Waals surface area contributed by atoms with Crippen molar-refractivity contribution in [2.45, 2.75) is 70.8 Å². The van der Waals surface area contributed by atoms with Crippen LogP contribution in [0.3, 0.4) is 0 Å². The van der Waals surface area contributed by atoms with Crippen molar-refractivity contribution in [2.24, 2.45) is 0 Å². The molecule has 0 spiro atoms. The van der Waals surface area contributed by atoms with Gasteiger partial charge in [-0.25, -0.2) is 4.39 Å². The molecule has 3 aromatic carbocycles. The van der Waals surface area contributed by atoms with E-state index in [2.05, 4.69) is 20.9 Å². The molecule has 0 bridgehead atoms. The van der Waals surface area contributed by atoms with Crippen LogP contribution in [0.4, 0.5) is 40.3 Å². The number of rotatable bonds is 12. The molecule has 312 valence electrons. The first-order chi connectivity index (χ1) is 27.9. The third-order valence-corrected chi connectivity index (χ3v) is 11.0. The van der Waals surface area contributed by atoms with Gasteiger partial charge < -0.3 is 20.3 Å².